The van der Waals surface area contributed by atoms with E-state index in [1.807, 2.05) is 19.1 Å². The van der Waals surface area contributed by atoms with Crippen LogP contribution < -0.4 is 15.5 Å². The SMILES string of the molecule is CC(=O)Nc1nc2c(N3CCNCC3)c(C(C)c3ccc(F)cc3F)ccc2s1. The zero-order chi connectivity index (χ0) is 20.5. The van der Waals surface area contributed by atoms with Gasteiger partial charge in [0.2, 0.25) is 5.91 Å². The topological polar surface area (TPSA) is 57.3 Å². The number of anilines is 2. The highest BCUT2D eigenvalue weighted by atomic mass is 32.1. The molecule has 0 bridgehead atoms. The molecule has 1 amide bonds. The molecule has 0 aliphatic carbocycles. The largest absolute Gasteiger partial charge is 0.367 e. The molecule has 152 valence electrons. The monoisotopic (exact) mass is 416 g/mol. The fourth-order valence-corrected chi connectivity index (χ4v) is 4.71. The smallest absolute Gasteiger partial charge is 0.223 e. The summed E-state index contributed by atoms with van der Waals surface area (Å²) in [6, 6.07) is 7.66. The summed E-state index contributed by atoms with van der Waals surface area (Å²) in [6.07, 6.45) is 0. The van der Waals surface area contributed by atoms with Gasteiger partial charge >= 0.3 is 0 Å². The number of halogens is 2. The molecule has 2 N–H and O–H groups in total. The first-order chi connectivity index (χ1) is 13.9. The number of amides is 1. The highest BCUT2D eigenvalue weighted by Gasteiger charge is 2.25. The highest BCUT2D eigenvalue weighted by molar-refractivity contribution is 7.22. The Morgan fingerprint density at radius 2 is 1.93 bits per heavy atom. The van der Waals surface area contributed by atoms with E-state index in [1.165, 1.54) is 30.4 Å². The van der Waals surface area contributed by atoms with E-state index in [4.69, 9.17) is 0 Å². The molecule has 29 heavy (non-hydrogen) atoms. The summed E-state index contributed by atoms with van der Waals surface area (Å²) in [7, 11) is 0. The van der Waals surface area contributed by atoms with E-state index in [-0.39, 0.29) is 11.8 Å². The molecule has 1 unspecified atom stereocenters. The molecular weight excluding hydrogens is 394 g/mol. The van der Waals surface area contributed by atoms with Crippen molar-refractivity contribution in [3.63, 3.8) is 0 Å². The van der Waals surface area contributed by atoms with Gasteiger partial charge in [0, 0.05) is 45.1 Å². The van der Waals surface area contributed by atoms with Crippen LogP contribution in [0.15, 0.2) is 30.3 Å². The lowest BCUT2D eigenvalue weighted by Crippen LogP contribution is -2.44. The first-order valence-corrected chi connectivity index (χ1v) is 10.4. The molecule has 8 heteroatoms. The van der Waals surface area contributed by atoms with Crippen molar-refractivity contribution in [2.24, 2.45) is 0 Å². The summed E-state index contributed by atoms with van der Waals surface area (Å²) in [6.45, 7) is 6.67. The van der Waals surface area contributed by atoms with E-state index in [9.17, 15) is 13.6 Å². The lowest BCUT2D eigenvalue weighted by Gasteiger charge is -2.32. The van der Waals surface area contributed by atoms with Crippen LogP contribution in [-0.4, -0.2) is 37.1 Å². The molecule has 2 heterocycles. The van der Waals surface area contributed by atoms with Gasteiger partial charge in [-0.1, -0.05) is 30.4 Å². The van der Waals surface area contributed by atoms with Gasteiger partial charge in [-0.15, -0.1) is 0 Å². The zero-order valence-electron chi connectivity index (χ0n) is 16.3. The van der Waals surface area contributed by atoms with Crippen molar-refractivity contribution in [3.8, 4) is 0 Å². The second kappa shape index (κ2) is 8.04. The Hall–Kier alpha value is -2.58. The number of aromatic nitrogens is 1. The Labute approximate surface area is 171 Å². The normalized spacial score (nSPS) is 15.5. The van der Waals surface area contributed by atoms with Crippen LogP contribution in [0.3, 0.4) is 0 Å². The summed E-state index contributed by atoms with van der Waals surface area (Å²) in [5.74, 6) is -1.60. The van der Waals surface area contributed by atoms with Gasteiger partial charge in [-0.25, -0.2) is 13.8 Å². The minimum atomic E-state index is -0.587. The van der Waals surface area contributed by atoms with Gasteiger partial charge in [0.25, 0.3) is 0 Å². The van der Waals surface area contributed by atoms with Crippen molar-refractivity contribution >= 4 is 38.3 Å². The molecule has 2 aromatic carbocycles. The van der Waals surface area contributed by atoms with Gasteiger partial charge in [0.05, 0.1) is 10.4 Å². The molecule has 4 rings (SSSR count). The third kappa shape index (κ3) is 3.95. The standard InChI is InChI=1S/C21H22F2N4OS/c1-12(15-4-3-14(22)11-17(15)23)16-5-6-18-19(26-21(29-18)25-13(2)28)20(16)27-9-7-24-8-10-27/h3-6,11-12,24H,7-10H2,1-2H3,(H,25,26,28). The highest BCUT2D eigenvalue weighted by Crippen LogP contribution is 2.41. The van der Waals surface area contributed by atoms with Crippen molar-refractivity contribution in [1.82, 2.24) is 10.3 Å². The van der Waals surface area contributed by atoms with Gasteiger partial charge in [0.15, 0.2) is 5.13 Å². The lowest BCUT2D eigenvalue weighted by molar-refractivity contribution is -0.114. The van der Waals surface area contributed by atoms with Crippen molar-refractivity contribution in [2.45, 2.75) is 19.8 Å². The number of hydrogen-bond acceptors (Lipinski definition) is 5. The van der Waals surface area contributed by atoms with E-state index in [2.05, 4.69) is 20.5 Å². The number of nitrogens with zero attached hydrogens (tertiary/aromatic N) is 2. The molecule has 1 fully saturated rings. The second-order valence-electron chi connectivity index (χ2n) is 7.17. The fraction of sp³-hybridized carbons (Fsp3) is 0.333. The Morgan fingerprint density at radius 1 is 1.21 bits per heavy atom. The number of carbonyl (C=O) groups excluding carboxylic acids is 1. The Morgan fingerprint density at radius 3 is 2.62 bits per heavy atom. The average Bonchev–Trinajstić information content (AvgIpc) is 3.09. The summed E-state index contributed by atoms with van der Waals surface area (Å²) >= 11 is 1.42. The van der Waals surface area contributed by atoms with Crippen LogP contribution in [0.1, 0.15) is 30.9 Å². The molecule has 5 nitrogen and oxygen atoms in total. The molecule has 1 atom stereocenters. The molecule has 1 aliphatic heterocycles. The van der Waals surface area contributed by atoms with E-state index < -0.39 is 11.6 Å². The lowest BCUT2D eigenvalue weighted by atomic mass is 9.90. The number of fused-ring (bicyclic) bond motifs is 1. The number of rotatable bonds is 4. The van der Waals surface area contributed by atoms with Crippen LogP contribution in [0.2, 0.25) is 0 Å². The maximum atomic E-state index is 14.5. The number of piperazine rings is 1. The van der Waals surface area contributed by atoms with Crippen molar-refractivity contribution in [2.75, 3.05) is 36.4 Å². The van der Waals surface area contributed by atoms with Crippen LogP contribution in [-0.2, 0) is 4.79 Å². The number of nitrogens with one attached hydrogen (secondary N) is 2. The molecule has 1 aliphatic rings. The summed E-state index contributed by atoms with van der Waals surface area (Å²) < 4.78 is 28.9. The molecule has 1 saturated heterocycles. The number of carbonyl (C=O) groups is 1. The Balaban J connectivity index is 1.86. The molecule has 3 aromatic rings. The molecule has 0 spiro atoms. The minimum absolute atomic E-state index is 0.172. The zero-order valence-corrected chi connectivity index (χ0v) is 17.1. The predicted molar refractivity (Wildman–Crippen MR) is 113 cm³/mol. The number of thiazole rings is 1. The molecule has 0 radical (unpaired) electrons. The van der Waals surface area contributed by atoms with Gasteiger partial charge in [-0.2, -0.15) is 0 Å². The average molecular weight is 416 g/mol. The van der Waals surface area contributed by atoms with Crippen LogP contribution in [0, 0.1) is 11.6 Å². The van der Waals surface area contributed by atoms with E-state index in [0.29, 0.717) is 10.7 Å². The van der Waals surface area contributed by atoms with Gasteiger partial charge < -0.3 is 15.5 Å². The first kappa shape index (κ1) is 19.7. The minimum Gasteiger partial charge on any atom is -0.367 e. The maximum Gasteiger partial charge on any atom is 0.223 e. The summed E-state index contributed by atoms with van der Waals surface area (Å²) in [5, 5.41) is 6.64. The number of benzene rings is 2. The van der Waals surface area contributed by atoms with E-state index >= 15 is 0 Å². The Kier molecular flexibility index (Phi) is 5.47. The third-order valence-electron chi connectivity index (χ3n) is 5.18. The van der Waals surface area contributed by atoms with Crippen LogP contribution in [0.25, 0.3) is 10.2 Å². The maximum absolute atomic E-state index is 14.5. The number of hydrogen-bond donors (Lipinski definition) is 2. The van der Waals surface area contributed by atoms with Crippen molar-refractivity contribution in [3.05, 3.63) is 53.1 Å². The molecular formula is C21H22F2N4OS. The second-order valence-corrected chi connectivity index (χ2v) is 8.21. The summed E-state index contributed by atoms with van der Waals surface area (Å²) in [4.78, 5) is 18.4. The fourth-order valence-electron chi connectivity index (χ4n) is 3.79. The van der Waals surface area contributed by atoms with Crippen molar-refractivity contribution in [1.29, 1.82) is 0 Å². The molecule has 1 aromatic heterocycles. The van der Waals surface area contributed by atoms with Crippen LogP contribution >= 0.6 is 11.3 Å². The van der Waals surface area contributed by atoms with E-state index in [0.717, 1.165) is 53.7 Å². The summed E-state index contributed by atoms with van der Waals surface area (Å²) in [5.41, 5.74) is 3.13. The first-order valence-electron chi connectivity index (χ1n) is 9.55. The predicted octanol–water partition coefficient (Wildman–Crippen LogP) is 4.09. The van der Waals surface area contributed by atoms with Gasteiger partial charge in [-0.05, 0) is 23.3 Å². The Bertz CT molecular complexity index is 1060. The molecule has 0 saturated carbocycles. The van der Waals surface area contributed by atoms with Gasteiger partial charge in [0.1, 0.15) is 17.2 Å². The van der Waals surface area contributed by atoms with Gasteiger partial charge in [-0.3, -0.25) is 4.79 Å². The van der Waals surface area contributed by atoms with Crippen molar-refractivity contribution < 1.29 is 13.6 Å². The quantitative estimate of drug-likeness (QED) is 0.673. The van der Waals surface area contributed by atoms with Crippen LogP contribution in [0.5, 0.6) is 0 Å². The van der Waals surface area contributed by atoms with Crippen LogP contribution in [0.4, 0.5) is 19.6 Å². The van der Waals surface area contributed by atoms with E-state index in [1.54, 1.807) is 0 Å². The third-order valence-corrected chi connectivity index (χ3v) is 6.11.